The molecule has 0 unspecified atom stereocenters. The van der Waals surface area contributed by atoms with Crippen molar-refractivity contribution in [3.8, 4) is 0 Å². The van der Waals surface area contributed by atoms with E-state index in [0.717, 1.165) is 24.1 Å². The molecule has 0 saturated heterocycles. The molecule has 3 heteroatoms. The SMILES string of the molecule is CCCCc1ccccc1NCc1ccc(C=O)s1. The van der Waals surface area contributed by atoms with Gasteiger partial charge in [-0.05, 0) is 36.6 Å². The van der Waals surface area contributed by atoms with Crippen LogP contribution < -0.4 is 5.32 Å². The third-order valence-electron chi connectivity index (χ3n) is 3.07. The normalized spacial score (nSPS) is 10.4. The summed E-state index contributed by atoms with van der Waals surface area (Å²) in [5.41, 5.74) is 2.58. The monoisotopic (exact) mass is 273 g/mol. The Kier molecular flexibility index (Phi) is 5.16. The maximum Gasteiger partial charge on any atom is 0.160 e. The first-order valence-electron chi connectivity index (χ1n) is 6.69. The van der Waals surface area contributed by atoms with E-state index >= 15 is 0 Å². The van der Waals surface area contributed by atoms with E-state index in [-0.39, 0.29) is 0 Å². The fourth-order valence-electron chi connectivity index (χ4n) is 2.01. The smallest absolute Gasteiger partial charge is 0.160 e. The summed E-state index contributed by atoms with van der Waals surface area (Å²) in [5.74, 6) is 0. The molecule has 2 aromatic rings. The summed E-state index contributed by atoms with van der Waals surface area (Å²) < 4.78 is 0. The summed E-state index contributed by atoms with van der Waals surface area (Å²) in [4.78, 5) is 12.6. The van der Waals surface area contributed by atoms with Gasteiger partial charge in [-0.15, -0.1) is 11.3 Å². The van der Waals surface area contributed by atoms with Gasteiger partial charge >= 0.3 is 0 Å². The van der Waals surface area contributed by atoms with Crippen LogP contribution in [-0.4, -0.2) is 6.29 Å². The van der Waals surface area contributed by atoms with Gasteiger partial charge in [-0.1, -0.05) is 31.5 Å². The molecule has 0 radical (unpaired) electrons. The lowest BCUT2D eigenvalue weighted by molar-refractivity contribution is 0.112. The van der Waals surface area contributed by atoms with E-state index in [0.29, 0.717) is 0 Å². The largest absolute Gasteiger partial charge is 0.380 e. The number of para-hydroxylation sites is 1. The van der Waals surface area contributed by atoms with Crippen molar-refractivity contribution in [1.29, 1.82) is 0 Å². The molecule has 2 rings (SSSR count). The van der Waals surface area contributed by atoms with E-state index in [1.165, 1.54) is 29.0 Å². The van der Waals surface area contributed by atoms with Crippen molar-refractivity contribution in [2.75, 3.05) is 5.32 Å². The number of carbonyl (C=O) groups excluding carboxylic acids is 1. The molecule has 100 valence electrons. The second kappa shape index (κ2) is 7.10. The number of hydrogen-bond acceptors (Lipinski definition) is 3. The molecular formula is C16H19NOS. The maximum absolute atomic E-state index is 10.7. The summed E-state index contributed by atoms with van der Waals surface area (Å²) in [6.07, 6.45) is 4.45. The number of rotatable bonds is 7. The minimum Gasteiger partial charge on any atom is -0.380 e. The Morgan fingerprint density at radius 2 is 2.05 bits per heavy atom. The Morgan fingerprint density at radius 3 is 2.79 bits per heavy atom. The fraction of sp³-hybridized carbons (Fsp3) is 0.312. The zero-order chi connectivity index (χ0) is 13.5. The molecule has 0 bridgehead atoms. The molecule has 1 N–H and O–H groups in total. The topological polar surface area (TPSA) is 29.1 Å². The highest BCUT2D eigenvalue weighted by Gasteiger charge is 2.03. The highest BCUT2D eigenvalue weighted by Crippen LogP contribution is 2.20. The van der Waals surface area contributed by atoms with Crippen molar-refractivity contribution in [2.24, 2.45) is 0 Å². The number of hydrogen-bond donors (Lipinski definition) is 1. The highest BCUT2D eigenvalue weighted by molar-refractivity contribution is 7.13. The number of aldehydes is 1. The van der Waals surface area contributed by atoms with Crippen molar-refractivity contribution in [1.82, 2.24) is 0 Å². The number of thiophene rings is 1. The Balaban J connectivity index is 2.00. The van der Waals surface area contributed by atoms with Gasteiger partial charge in [0.2, 0.25) is 0 Å². The molecule has 1 aromatic carbocycles. The van der Waals surface area contributed by atoms with E-state index in [1.54, 1.807) is 11.3 Å². The fourth-order valence-corrected chi connectivity index (χ4v) is 2.78. The second-order valence-electron chi connectivity index (χ2n) is 4.54. The molecular weight excluding hydrogens is 254 g/mol. The van der Waals surface area contributed by atoms with Crippen molar-refractivity contribution >= 4 is 23.3 Å². The predicted octanol–water partition coefficient (Wildman–Crippen LogP) is 4.52. The van der Waals surface area contributed by atoms with Gasteiger partial charge in [0, 0.05) is 17.1 Å². The first kappa shape index (κ1) is 13.8. The molecule has 0 fully saturated rings. The van der Waals surface area contributed by atoms with Gasteiger partial charge in [0.1, 0.15) is 0 Å². The molecule has 0 atom stereocenters. The minimum absolute atomic E-state index is 0.779. The predicted molar refractivity (Wildman–Crippen MR) is 82.1 cm³/mol. The van der Waals surface area contributed by atoms with Crippen molar-refractivity contribution in [3.63, 3.8) is 0 Å². The van der Waals surface area contributed by atoms with Crippen LogP contribution in [0.25, 0.3) is 0 Å². The molecule has 2 nitrogen and oxygen atoms in total. The van der Waals surface area contributed by atoms with Crippen LogP contribution in [0.1, 0.15) is 39.9 Å². The maximum atomic E-state index is 10.7. The van der Waals surface area contributed by atoms with Crippen LogP contribution in [0.5, 0.6) is 0 Å². The van der Waals surface area contributed by atoms with Crippen LogP contribution in [0.4, 0.5) is 5.69 Å². The first-order valence-corrected chi connectivity index (χ1v) is 7.50. The minimum atomic E-state index is 0.779. The Bertz CT molecular complexity index is 533. The van der Waals surface area contributed by atoms with Crippen molar-refractivity contribution in [3.05, 3.63) is 51.7 Å². The van der Waals surface area contributed by atoms with Gasteiger partial charge in [0.05, 0.1) is 4.88 Å². The van der Waals surface area contributed by atoms with Crippen LogP contribution >= 0.6 is 11.3 Å². The third-order valence-corrected chi connectivity index (χ3v) is 4.08. The van der Waals surface area contributed by atoms with Crippen LogP contribution in [0, 0.1) is 0 Å². The quantitative estimate of drug-likeness (QED) is 0.752. The van der Waals surface area contributed by atoms with Gasteiger partial charge in [-0.3, -0.25) is 4.79 Å². The van der Waals surface area contributed by atoms with Crippen molar-refractivity contribution in [2.45, 2.75) is 32.7 Å². The van der Waals surface area contributed by atoms with Gasteiger partial charge in [0.25, 0.3) is 0 Å². The number of carbonyl (C=O) groups is 1. The highest BCUT2D eigenvalue weighted by atomic mass is 32.1. The Labute approximate surface area is 118 Å². The van der Waals surface area contributed by atoms with Gasteiger partial charge in [0.15, 0.2) is 6.29 Å². The lowest BCUT2D eigenvalue weighted by Crippen LogP contribution is -2.01. The molecule has 0 aliphatic carbocycles. The number of nitrogens with one attached hydrogen (secondary N) is 1. The average Bonchev–Trinajstić information content (AvgIpc) is 2.91. The van der Waals surface area contributed by atoms with E-state index in [2.05, 4.69) is 36.5 Å². The molecule has 0 aliphatic heterocycles. The second-order valence-corrected chi connectivity index (χ2v) is 5.74. The van der Waals surface area contributed by atoms with E-state index in [9.17, 15) is 4.79 Å². The average molecular weight is 273 g/mol. The van der Waals surface area contributed by atoms with Crippen LogP contribution in [0.15, 0.2) is 36.4 Å². The van der Waals surface area contributed by atoms with E-state index < -0.39 is 0 Å². The summed E-state index contributed by atoms with van der Waals surface area (Å²) in [6.45, 7) is 2.99. The molecule has 1 heterocycles. The summed E-state index contributed by atoms with van der Waals surface area (Å²) in [7, 11) is 0. The summed E-state index contributed by atoms with van der Waals surface area (Å²) in [5, 5.41) is 3.47. The molecule has 19 heavy (non-hydrogen) atoms. The lowest BCUT2D eigenvalue weighted by atomic mass is 10.1. The number of aryl methyl sites for hydroxylation is 1. The van der Waals surface area contributed by atoms with Gasteiger partial charge < -0.3 is 5.32 Å². The molecule has 0 saturated carbocycles. The Hall–Kier alpha value is -1.61. The van der Waals surface area contributed by atoms with E-state index in [4.69, 9.17) is 0 Å². The van der Waals surface area contributed by atoms with E-state index in [1.807, 2.05) is 12.1 Å². The van der Waals surface area contributed by atoms with Crippen LogP contribution in [-0.2, 0) is 13.0 Å². The lowest BCUT2D eigenvalue weighted by Gasteiger charge is -2.10. The van der Waals surface area contributed by atoms with Crippen LogP contribution in [0.3, 0.4) is 0 Å². The number of anilines is 1. The summed E-state index contributed by atoms with van der Waals surface area (Å²) in [6, 6.07) is 12.3. The molecule has 0 spiro atoms. The summed E-state index contributed by atoms with van der Waals surface area (Å²) >= 11 is 1.55. The number of unbranched alkanes of at least 4 members (excludes halogenated alkanes) is 1. The first-order chi connectivity index (χ1) is 9.33. The Morgan fingerprint density at radius 1 is 1.21 bits per heavy atom. The van der Waals surface area contributed by atoms with Crippen molar-refractivity contribution < 1.29 is 4.79 Å². The molecule has 1 aromatic heterocycles. The zero-order valence-electron chi connectivity index (χ0n) is 11.2. The third kappa shape index (κ3) is 3.93. The zero-order valence-corrected chi connectivity index (χ0v) is 12.0. The standard InChI is InChI=1S/C16H19NOS/c1-2-3-6-13-7-4-5-8-16(13)17-11-14-9-10-15(12-18)19-14/h4-5,7-10,12,17H,2-3,6,11H2,1H3. The van der Waals surface area contributed by atoms with Gasteiger partial charge in [-0.2, -0.15) is 0 Å². The molecule has 0 aliphatic rings. The van der Waals surface area contributed by atoms with Crippen LogP contribution in [0.2, 0.25) is 0 Å². The molecule has 0 amide bonds. The number of benzene rings is 1. The van der Waals surface area contributed by atoms with Gasteiger partial charge in [-0.25, -0.2) is 0 Å².